The topological polar surface area (TPSA) is 120 Å². The highest BCUT2D eigenvalue weighted by molar-refractivity contribution is 7.17. The van der Waals surface area contributed by atoms with E-state index < -0.39 is 5.97 Å². The second kappa shape index (κ2) is 6.97. The first-order chi connectivity index (χ1) is 11.6. The number of piperidine rings is 1. The fraction of sp³-hybridized carbons (Fsp3) is 0.429. The highest BCUT2D eigenvalue weighted by atomic mass is 32.1. The average molecular weight is 351 g/mol. The second-order valence-electron chi connectivity index (χ2n) is 5.34. The maximum Gasteiger partial charge on any atom is 0.347 e. The Kier molecular flexibility index (Phi) is 4.76. The van der Waals surface area contributed by atoms with Gasteiger partial charge in [-0.2, -0.15) is 0 Å². The summed E-state index contributed by atoms with van der Waals surface area (Å²) < 4.78 is 5.50. The number of amides is 1. The number of methoxy groups -OCH3 is 1. The van der Waals surface area contributed by atoms with Crippen LogP contribution in [0.2, 0.25) is 0 Å². The van der Waals surface area contributed by atoms with Gasteiger partial charge in [0.05, 0.1) is 18.3 Å². The Bertz CT molecular complexity index is 717. The van der Waals surface area contributed by atoms with Gasteiger partial charge in [0.25, 0.3) is 5.91 Å². The first-order valence-corrected chi connectivity index (χ1v) is 8.17. The number of anilines is 1. The molecule has 0 radical (unpaired) electrons. The molecule has 0 spiro atoms. The largest absolute Gasteiger partial charge is 0.477 e. The van der Waals surface area contributed by atoms with Crippen molar-refractivity contribution in [1.29, 1.82) is 0 Å². The molecule has 2 aromatic heterocycles. The Balaban J connectivity index is 1.65. The number of nitrogens with one attached hydrogen (secondary N) is 2. The van der Waals surface area contributed by atoms with E-state index in [-0.39, 0.29) is 28.8 Å². The number of H-pyrrole nitrogens is 1. The molecule has 24 heavy (non-hydrogen) atoms. The molecule has 1 saturated heterocycles. The molecule has 0 saturated carbocycles. The number of carboxylic acid groups (broad SMARTS) is 1. The lowest BCUT2D eigenvalue weighted by Gasteiger charge is -2.37. The van der Waals surface area contributed by atoms with Crippen LogP contribution >= 0.6 is 11.3 Å². The molecule has 2 atom stereocenters. The van der Waals surface area contributed by atoms with Gasteiger partial charge in [-0.15, -0.1) is 0 Å². The SMILES string of the molecule is COC1CN(c2ncc(C(=O)O)s2)CCC1NC(=O)c1ncc[nH]1. The summed E-state index contributed by atoms with van der Waals surface area (Å²) in [6.07, 6.45) is 4.90. The minimum atomic E-state index is -0.984. The number of aromatic carboxylic acids is 1. The van der Waals surface area contributed by atoms with Gasteiger partial charge < -0.3 is 25.0 Å². The van der Waals surface area contributed by atoms with Gasteiger partial charge in [0.1, 0.15) is 4.88 Å². The molecule has 9 nitrogen and oxygen atoms in total. The highest BCUT2D eigenvalue weighted by Crippen LogP contribution is 2.26. The van der Waals surface area contributed by atoms with E-state index in [1.54, 1.807) is 13.3 Å². The van der Waals surface area contributed by atoms with Crippen LogP contribution in [0.25, 0.3) is 0 Å². The first-order valence-electron chi connectivity index (χ1n) is 7.35. The van der Waals surface area contributed by atoms with Gasteiger partial charge in [-0.1, -0.05) is 11.3 Å². The summed E-state index contributed by atoms with van der Waals surface area (Å²) in [6, 6.07) is -0.150. The summed E-state index contributed by atoms with van der Waals surface area (Å²) >= 11 is 1.13. The normalized spacial score (nSPS) is 20.8. The van der Waals surface area contributed by atoms with E-state index in [1.807, 2.05) is 4.90 Å². The lowest BCUT2D eigenvalue weighted by Crippen LogP contribution is -2.55. The molecule has 1 aliphatic rings. The minimum absolute atomic E-state index is 0.150. The molecule has 0 aromatic carbocycles. The van der Waals surface area contributed by atoms with Crippen molar-refractivity contribution in [3.63, 3.8) is 0 Å². The highest BCUT2D eigenvalue weighted by Gasteiger charge is 2.32. The monoisotopic (exact) mass is 351 g/mol. The van der Waals surface area contributed by atoms with Crippen LogP contribution < -0.4 is 10.2 Å². The number of carbonyl (C=O) groups is 2. The third-order valence-electron chi connectivity index (χ3n) is 3.87. The molecule has 128 valence electrons. The fourth-order valence-electron chi connectivity index (χ4n) is 2.63. The summed E-state index contributed by atoms with van der Waals surface area (Å²) in [7, 11) is 1.59. The Morgan fingerprint density at radius 1 is 1.50 bits per heavy atom. The van der Waals surface area contributed by atoms with Gasteiger partial charge in [-0.25, -0.2) is 14.8 Å². The molecule has 3 heterocycles. The predicted octanol–water partition coefficient (Wildman–Crippen LogP) is 0.588. The zero-order chi connectivity index (χ0) is 17.1. The number of carbonyl (C=O) groups excluding carboxylic acids is 1. The van der Waals surface area contributed by atoms with Gasteiger partial charge in [0.2, 0.25) is 0 Å². The zero-order valence-electron chi connectivity index (χ0n) is 12.9. The maximum absolute atomic E-state index is 12.1. The molecule has 3 rings (SSSR count). The number of aromatic nitrogens is 3. The van der Waals surface area contributed by atoms with E-state index >= 15 is 0 Å². The molecule has 1 amide bonds. The number of hydrogen-bond acceptors (Lipinski definition) is 7. The van der Waals surface area contributed by atoms with E-state index in [0.717, 1.165) is 11.3 Å². The van der Waals surface area contributed by atoms with Crippen LogP contribution in [0, 0.1) is 0 Å². The Morgan fingerprint density at radius 3 is 2.96 bits per heavy atom. The fourth-order valence-corrected chi connectivity index (χ4v) is 3.42. The number of aromatic amines is 1. The lowest BCUT2D eigenvalue weighted by atomic mass is 10.0. The molecule has 2 unspecified atom stereocenters. The van der Waals surface area contributed by atoms with Crippen LogP contribution in [-0.4, -0.2) is 64.3 Å². The van der Waals surface area contributed by atoms with Crippen LogP contribution in [0.15, 0.2) is 18.6 Å². The zero-order valence-corrected chi connectivity index (χ0v) is 13.7. The lowest BCUT2D eigenvalue weighted by molar-refractivity contribution is 0.0538. The van der Waals surface area contributed by atoms with Crippen LogP contribution in [0.1, 0.15) is 26.7 Å². The molecule has 2 aromatic rings. The van der Waals surface area contributed by atoms with E-state index in [4.69, 9.17) is 9.84 Å². The minimum Gasteiger partial charge on any atom is -0.477 e. The number of hydrogen-bond donors (Lipinski definition) is 3. The van der Waals surface area contributed by atoms with Crippen molar-refractivity contribution < 1.29 is 19.4 Å². The van der Waals surface area contributed by atoms with Crippen molar-refractivity contribution in [2.75, 3.05) is 25.1 Å². The molecule has 0 aliphatic carbocycles. The van der Waals surface area contributed by atoms with Gasteiger partial charge in [-0.3, -0.25) is 4.79 Å². The third kappa shape index (κ3) is 3.39. The smallest absolute Gasteiger partial charge is 0.347 e. The number of imidazole rings is 1. The van der Waals surface area contributed by atoms with Crippen molar-refractivity contribution in [2.45, 2.75) is 18.6 Å². The Morgan fingerprint density at radius 2 is 2.33 bits per heavy atom. The molecule has 0 bridgehead atoms. The molecular weight excluding hydrogens is 334 g/mol. The predicted molar refractivity (Wildman–Crippen MR) is 86.5 cm³/mol. The van der Waals surface area contributed by atoms with Gasteiger partial charge in [0.15, 0.2) is 11.0 Å². The molecule has 1 aliphatic heterocycles. The van der Waals surface area contributed by atoms with Crippen molar-refractivity contribution >= 4 is 28.3 Å². The molecule has 3 N–H and O–H groups in total. The number of thiazole rings is 1. The van der Waals surface area contributed by atoms with Crippen molar-refractivity contribution in [1.82, 2.24) is 20.3 Å². The number of rotatable bonds is 5. The summed E-state index contributed by atoms with van der Waals surface area (Å²) in [6.45, 7) is 1.17. The summed E-state index contributed by atoms with van der Waals surface area (Å²) in [5.41, 5.74) is 0. The Labute approximate surface area is 141 Å². The van der Waals surface area contributed by atoms with E-state index in [0.29, 0.717) is 24.6 Å². The number of ether oxygens (including phenoxy) is 1. The van der Waals surface area contributed by atoms with E-state index in [1.165, 1.54) is 12.4 Å². The van der Waals surface area contributed by atoms with Crippen molar-refractivity contribution in [3.05, 3.63) is 29.3 Å². The van der Waals surface area contributed by atoms with Crippen LogP contribution in [0.3, 0.4) is 0 Å². The standard InChI is InChI=1S/C14H17N5O4S/c1-23-9-7-19(14-17-6-10(24-14)13(21)22)5-2-8(9)18-12(20)11-15-3-4-16-11/h3-4,6,8-9H,2,5,7H2,1H3,(H,15,16)(H,18,20)(H,21,22). The Hall–Kier alpha value is -2.46. The van der Waals surface area contributed by atoms with Gasteiger partial charge in [0, 0.05) is 32.6 Å². The average Bonchev–Trinajstić information content (AvgIpc) is 3.26. The summed E-state index contributed by atoms with van der Waals surface area (Å²) in [5, 5.41) is 12.6. The van der Waals surface area contributed by atoms with Crippen molar-refractivity contribution in [2.24, 2.45) is 0 Å². The van der Waals surface area contributed by atoms with Crippen molar-refractivity contribution in [3.8, 4) is 0 Å². The van der Waals surface area contributed by atoms with Crippen LogP contribution in [-0.2, 0) is 4.74 Å². The maximum atomic E-state index is 12.1. The summed E-state index contributed by atoms with van der Waals surface area (Å²) in [4.78, 5) is 36.1. The molecular formula is C14H17N5O4S. The van der Waals surface area contributed by atoms with E-state index in [2.05, 4.69) is 20.3 Å². The molecule has 1 fully saturated rings. The summed E-state index contributed by atoms with van der Waals surface area (Å²) in [5.74, 6) is -0.996. The van der Waals surface area contributed by atoms with E-state index in [9.17, 15) is 9.59 Å². The van der Waals surface area contributed by atoms with Crippen LogP contribution in [0.5, 0.6) is 0 Å². The second-order valence-corrected chi connectivity index (χ2v) is 6.35. The first kappa shape index (κ1) is 16.4. The molecule has 10 heteroatoms. The van der Waals surface area contributed by atoms with Crippen LogP contribution in [0.4, 0.5) is 5.13 Å². The number of carboxylic acids is 1. The van der Waals surface area contributed by atoms with Gasteiger partial charge >= 0.3 is 5.97 Å². The number of nitrogens with zero attached hydrogens (tertiary/aromatic N) is 3. The quantitative estimate of drug-likeness (QED) is 0.721. The van der Waals surface area contributed by atoms with Gasteiger partial charge in [-0.05, 0) is 6.42 Å². The third-order valence-corrected chi connectivity index (χ3v) is 4.91.